The van der Waals surface area contributed by atoms with Crippen molar-refractivity contribution >= 4 is 5.69 Å². The zero-order valence-corrected chi connectivity index (χ0v) is 9.10. The first-order chi connectivity index (χ1) is 7.88. The zero-order chi connectivity index (χ0) is 11.0. The van der Waals surface area contributed by atoms with Gasteiger partial charge in [-0.15, -0.1) is 0 Å². The molecule has 0 spiro atoms. The van der Waals surface area contributed by atoms with Crippen molar-refractivity contribution in [3.63, 3.8) is 0 Å². The highest BCUT2D eigenvalue weighted by Crippen LogP contribution is 2.34. The van der Waals surface area contributed by atoms with E-state index in [1.54, 1.807) is 0 Å². The van der Waals surface area contributed by atoms with Gasteiger partial charge in [-0.1, -0.05) is 30.3 Å². The van der Waals surface area contributed by atoms with Crippen LogP contribution in [0.3, 0.4) is 0 Å². The summed E-state index contributed by atoms with van der Waals surface area (Å²) < 4.78 is 5.30. The molecule has 0 bridgehead atoms. The molecule has 1 aliphatic rings. The van der Waals surface area contributed by atoms with Crippen LogP contribution in [0, 0.1) is 0 Å². The van der Waals surface area contributed by atoms with E-state index in [0.29, 0.717) is 5.89 Å². The van der Waals surface area contributed by atoms with Crippen molar-refractivity contribution in [3.05, 3.63) is 41.5 Å². The molecule has 0 aliphatic carbocycles. The maximum atomic E-state index is 5.30. The molecule has 0 radical (unpaired) electrons. The fourth-order valence-corrected chi connectivity index (χ4v) is 2.06. The van der Waals surface area contributed by atoms with Crippen LogP contribution in [0.15, 0.2) is 28.8 Å². The molecule has 16 heavy (non-hydrogen) atoms. The molecule has 1 aliphatic heterocycles. The van der Waals surface area contributed by atoms with E-state index in [0.717, 1.165) is 18.8 Å². The molecular weight excluding hydrogens is 202 g/mol. The molecular formula is C12H13N3O. The van der Waals surface area contributed by atoms with Crippen LogP contribution < -0.4 is 5.32 Å². The van der Waals surface area contributed by atoms with Crippen LogP contribution >= 0.6 is 0 Å². The Labute approximate surface area is 93.7 Å². The number of para-hydroxylation sites is 1. The molecule has 0 saturated heterocycles. The van der Waals surface area contributed by atoms with Gasteiger partial charge in [0.15, 0.2) is 5.82 Å². The van der Waals surface area contributed by atoms with Crippen LogP contribution in [0.5, 0.6) is 0 Å². The lowest BCUT2D eigenvalue weighted by Crippen LogP contribution is -2.04. The molecule has 1 unspecified atom stereocenters. The van der Waals surface area contributed by atoms with Crippen LogP contribution in [0.1, 0.15) is 30.1 Å². The average molecular weight is 215 g/mol. The van der Waals surface area contributed by atoms with Crippen LogP contribution in [-0.4, -0.2) is 16.7 Å². The van der Waals surface area contributed by atoms with E-state index < -0.39 is 0 Å². The Morgan fingerprint density at radius 2 is 2.31 bits per heavy atom. The normalized spacial score (nSPS) is 18.2. The summed E-state index contributed by atoms with van der Waals surface area (Å²) in [5, 5.41) is 7.29. The third-order valence-corrected chi connectivity index (χ3v) is 2.93. The minimum atomic E-state index is 0.198. The van der Waals surface area contributed by atoms with Crippen molar-refractivity contribution in [2.24, 2.45) is 0 Å². The summed E-state index contributed by atoms with van der Waals surface area (Å²) in [4.78, 5) is 4.39. The molecule has 0 saturated carbocycles. The quantitative estimate of drug-likeness (QED) is 0.834. The topological polar surface area (TPSA) is 51.0 Å². The first kappa shape index (κ1) is 9.39. The summed E-state index contributed by atoms with van der Waals surface area (Å²) in [5.41, 5.74) is 2.41. The number of aromatic nitrogens is 2. The number of fused-ring (bicyclic) bond motifs is 1. The predicted molar refractivity (Wildman–Crippen MR) is 60.5 cm³/mol. The number of rotatable bonds is 2. The highest BCUT2D eigenvalue weighted by molar-refractivity contribution is 5.59. The molecule has 0 fully saturated rings. The van der Waals surface area contributed by atoms with E-state index in [2.05, 4.69) is 27.6 Å². The maximum Gasteiger partial charge on any atom is 0.236 e. The second kappa shape index (κ2) is 3.63. The maximum absolute atomic E-state index is 5.30. The number of nitrogens with one attached hydrogen (secondary N) is 1. The Balaban J connectivity index is 1.98. The minimum Gasteiger partial charge on any atom is -0.384 e. The number of hydrogen-bond donors (Lipinski definition) is 1. The van der Waals surface area contributed by atoms with E-state index >= 15 is 0 Å². The molecule has 1 aromatic heterocycles. The molecule has 1 N–H and O–H groups in total. The highest BCUT2D eigenvalue weighted by Gasteiger charge is 2.27. The summed E-state index contributed by atoms with van der Waals surface area (Å²) in [5.74, 6) is 1.69. The number of nitrogens with zero attached hydrogens (tertiary/aromatic N) is 2. The first-order valence-corrected chi connectivity index (χ1v) is 5.53. The number of benzene rings is 1. The summed E-state index contributed by atoms with van der Waals surface area (Å²) in [7, 11) is 0. The lowest BCUT2D eigenvalue weighted by atomic mass is 10.0. The Kier molecular flexibility index (Phi) is 2.13. The summed E-state index contributed by atoms with van der Waals surface area (Å²) in [6, 6.07) is 8.25. The van der Waals surface area contributed by atoms with Crippen molar-refractivity contribution in [3.8, 4) is 0 Å². The molecule has 1 atom stereocenters. The van der Waals surface area contributed by atoms with Crippen molar-refractivity contribution in [2.45, 2.75) is 19.3 Å². The number of aryl methyl sites for hydroxylation is 1. The fraction of sp³-hybridized carbons (Fsp3) is 0.333. The zero-order valence-electron chi connectivity index (χ0n) is 9.10. The van der Waals surface area contributed by atoms with Gasteiger partial charge in [-0.05, 0) is 11.6 Å². The number of anilines is 1. The largest absolute Gasteiger partial charge is 0.384 e. The van der Waals surface area contributed by atoms with E-state index in [9.17, 15) is 0 Å². The van der Waals surface area contributed by atoms with Crippen molar-refractivity contribution < 1.29 is 4.52 Å². The highest BCUT2D eigenvalue weighted by atomic mass is 16.5. The summed E-state index contributed by atoms with van der Waals surface area (Å²) in [6.45, 7) is 2.86. The van der Waals surface area contributed by atoms with Gasteiger partial charge in [0, 0.05) is 18.7 Å². The van der Waals surface area contributed by atoms with E-state index in [1.807, 2.05) is 19.1 Å². The predicted octanol–water partition coefficient (Wildman–Crippen LogP) is 2.19. The van der Waals surface area contributed by atoms with E-state index in [4.69, 9.17) is 4.52 Å². The molecule has 3 rings (SSSR count). The lowest BCUT2D eigenvalue weighted by molar-refractivity contribution is 0.366. The molecule has 4 nitrogen and oxygen atoms in total. The molecule has 4 heteroatoms. The first-order valence-electron chi connectivity index (χ1n) is 5.53. The van der Waals surface area contributed by atoms with Crippen LogP contribution in [0.4, 0.5) is 5.69 Å². The molecule has 0 amide bonds. The smallest absolute Gasteiger partial charge is 0.236 e. The van der Waals surface area contributed by atoms with Crippen LogP contribution in [0.25, 0.3) is 0 Å². The molecule has 82 valence electrons. The Bertz CT molecular complexity index is 506. The van der Waals surface area contributed by atoms with E-state index in [-0.39, 0.29) is 5.92 Å². The lowest BCUT2D eigenvalue weighted by Gasteiger charge is -2.02. The summed E-state index contributed by atoms with van der Waals surface area (Å²) in [6.07, 6.45) is 0.811. The minimum absolute atomic E-state index is 0.198. The Morgan fingerprint density at radius 1 is 1.44 bits per heavy atom. The standard InChI is InChI=1S/C12H13N3O/c1-2-11-14-12(16-15-11)9-7-13-10-6-4-3-5-8(9)10/h3-6,9,13H,2,7H2,1H3. The van der Waals surface area contributed by atoms with Crippen molar-refractivity contribution in [1.29, 1.82) is 0 Å². The molecule has 2 heterocycles. The van der Waals surface area contributed by atoms with Crippen molar-refractivity contribution in [2.75, 3.05) is 11.9 Å². The average Bonchev–Trinajstić information content (AvgIpc) is 2.94. The van der Waals surface area contributed by atoms with Crippen LogP contribution in [-0.2, 0) is 6.42 Å². The van der Waals surface area contributed by atoms with Gasteiger partial charge in [-0.3, -0.25) is 0 Å². The Morgan fingerprint density at radius 3 is 3.12 bits per heavy atom. The van der Waals surface area contributed by atoms with Gasteiger partial charge in [0.2, 0.25) is 5.89 Å². The Hall–Kier alpha value is -1.84. The third-order valence-electron chi connectivity index (χ3n) is 2.93. The third kappa shape index (κ3) is 1.38. The fourth-order valence-electron chi connectivity index (χ4n) is 2.06. The van der Waals surface area contributed by atoms with Gasteiger partial charge in [0.25, 0.3) is 0 Å². The van der Waals surface area contributed by atoms with E-state index in [1.165, 1.54) is 11.3 Å². The van der Waals surface area contributed by atoms with Crippen molar-refractivity contribution in [1.82, 2.24) is 10.1 Å². The van der Waals surface area contributed by atoms with Gasteiger partial charge in [-0.2, -0.15) is 4.98 Å². The SMILES string of the molecule is CCc1noc(C2CNc3ccccc32)n1. The molecule has 2 aromatic rings. The molecule has 1 aromatic carbocycles. The second-order valence-corrected chi connectivity index (χ2v) is 3.92. The monoisotopic (exact) mass is 215 g/mol. The van der Waals surface area contributed by atoms with Gasteiger partial charge < -0.3 is 9.84 Å². The van der Waals surface area contributed by atoms with Gasteiger partial charge in [-0.25, -0.2) is 0 Å². The van der Waals surface area contributed by atoms with Gasteiger partial charge >= 0.3 is 0 Å². The number of hydrogen-bond acceptors (Lipinski definition) is 4. The van der Waals surface area contributed by atoms with Gasteiger partial charge in [0.05, 0.1) is 5.92 Å². The van der Waals surface area contributed by atoms with Crippen LogP contribution in [0.2, 0.25) is 0 Å². The second-order valence-electron chi connectivity index (χ2n) is 3.92. The summed E-state index contributed by atoms with van der Waals surface area (Å²) >= 11 is 0. The van der Waals surface area contributed by atoms with Gasteiger partial charge in [0.1, 0.15) is 0 Å².